The zero-order valence-electron chi connectivity index (χ0n) is 16.2. The molecule has 0 saturated carbocycles. The summed E-state index contributed by atoms with van der Waals surface area (Å²) in [4.78, 5) is 8.88. The van der Waals surface area contributed by atoms with Crippen LogP contribution in [0.15, 0.2) is 72.8 Å². The lowest BCUT2D eigenvalue weighted by Gasteiger charge is -2.18. The van der Waals surface area contributed by atoms with E-state index in [0.717, 1.165) is 33.5 Å². The van der Waals surface area contributed by atoms with Crippen molar-refractivity contribution in [2.75, 3.05) is 9.66 Å². The van der Waals surface area contributed by atoms with Crippen LogP contribution < -0.4 is 14.4 Å². The number of para-hydroxylation sites is 1. The van der Waals surface area contributed by atoms with Crippen molar-refractivity contribution in [3.8, 4) is 16.9 Å². The molecule has 0 atom stereocenters. The number of nitrogen functional groups attached to an aromatic ring is 1. The van der Waals surface area contributed by atoms with Crippen molar-refractivity contribution in [1.29, 1.82) is 0 Å². The summed E-state index contributed by atoms with van der Waals surface area (Å²) in [5.74, 6) is 1.79. The molecule has 4 aromatic rings. The summed E-state index contributed by atoms with van der Waals surface area (Å²) in [6, 6.07) is 24.1. The molecule has 0 unspecified atom stereocenters. The third-order valence-corrected chi connectivity index (χ3v) is 5.17. The van der Waals surface area contributed by atoms with Gasteiger partial charge in [0.2, 0.25) is 5.95 Å². The summed E-state index contributed by atoms with van der Waals surface area (Å²) in [5.41, 5.74) is 9.86. The van der Waals surface area contributed by atoms with E-state index in [1.807, 2.05) is 72.4 Å². The van der Waals surface area contributed by atoms with E-state index >= 15 is 0 Å². The Balaban J connectivity index is 1.78. The summed E-state index contributed by atoms with van der Waals surface area (Å²) in [6.07, 6.45) is 0.148. The van der Waals surface area contributed by atoms with Crippen LogP contribution >= 0.6 is 16.1 Å². The first-order valence-electron chi connectivity index (χ1n) is 9.36. The predicted octanol–water partition coefficient (Wildman–Crippen LogP) is 6.11. The highest BCUT2D eigenvalue weighted by molar-refractivity contribution is 9.10. The van der Waals surface area contributed by atoms with Gasteiger partial charge in [0.1, 0.15) is 5.75 Å². The molecule has 0 saturated heterocycles. The molecule has 0 aliphatic rings. The Bertz CT molecular complexity index is 1130. The first-order chi connectivity index (χ1) is 14.0. The van der Waals surface area contributed by atoms with Crippen LogP contribution in [0.3, 0.4) is 0 Å². The van der Waals surface area contributed by atoms with E-state index in [1.165, 1.54) is 0 Å². The van der Waals surface area contributed by atoms with Crippen molar-refractivity contribution in [3.63, 3.8) is 0 Å². The molecule has 0 amide bonds. The minimum atomic E-state index is 0.148. The summed E-state index contributed by atoms with van der Waals surface area (Å²) in [6.45, 7) is 4.03. The summed E-state index contributed by atoms with van der Waals surface area (Å²) in [5, 5.41) is 0.903. The predicted molar refractivity (Wildman–Crippen MR) is 123 cm³/mol. The average Bonchev–Trinajstić information content (AvgIpc) is 2.73. The number of benzene rings is 3. The molecule has 0 aliphatic heterocycles. The summed E-state index contributed by atoms with van der Waals surface area (Å²) >= 11 is 3.63. The topological polar surface area (TPSA) is 64.3 Å². The smallest absolute Gasteiger partial charge is 0.222 e. The van der Waals surface area contributed by atoms with Gasteiger partial charge in [0.05, 0.1) is 33.5 Å². The molecule has 3 aromatic carbocycles. The van der Waals surface area contributed by atoms with Gasteiger partial charge >= 0.3 is 0 Å². The van der Waals surface area contributed by atoms with Gasteiger partial charge in [0, 0.05) is 5.39 Å². The third-order valence-electron chi connectivity index (χ3n) is 4.42. The number of anilines is 3. The largest absolute Gasteiger partial charge is 0.491 e. The number of nitrogens with zero attached hydrogens (tertiary/aromatic N) is 3. The maximum Gasteiger partial charge on any atom is 0.222 e. The highest BCUT2D eigenvalue weighted by Crippen LogP contribution is 2.35. The molecular weight excluding hydrogens is 428 g/mol. The maximum atomic E-state index is 5.96. The van der Waals surface area contributed by atoms with E-state index in [-0.39, 0.29) is 12.1 Å². The lowest BCUT2D eigenvalue weighted by molar-refractivity contribution is 0.242. The van der Waals surface area contributed by atoms with Crippen molar-refractivity contribution in [2.24, 2.45) is 0 Å². The van der Waals surface area contributed by atoms with Crippen LogP contribution in [0.2, 0.25) is 0 Å². The zero-order chi connectivity index (χ0) is 20.4. The van der Waals surface area contributed by atoms with Gasteiger partial charge in [-0.2, -0.15) is 4.98 Å². The van der Waals surface area contributed by atoms with Crippen molar-refractivity contribution < 1.29 is 4.74 Å². The number of hydrogen-bond acceptors (Lipinski definition) is 5. The van der Waals surface area contributed by atoms with Gasteiger partial charge in [-0.05, 0) is 61.4 Å². The lowest BCUT2D eigenvalue weighted by Crippen LogP contribution is -2.07. The molecule has 5 nitrogen and oxygen atoms in total. The first-order valence-corrected chi connectivity index (χ1v) is 10.1. The molecule has 4 rings (SSSR count). The van der Waals surface area contributed by atoms with E-state index in [2.05, 4.69) is 44.3 Å². The number of rotatable bonds is 5. The fourth-order valence-electron chi connectivity index (χ4n) is 3.14. The molecule has 146 valence electrons. The highest BCUT2D eigenvalue weighted by atomic mass is 79.9. The molecule has 0 aliphatic carbocycles. The quantitative estimate of drug-likeness (QED) is 0.372. The van der Waals surface area contributed by atoms with Gasteiger partial charge in [-0.15, -0.1) is 0 Å². The second kappa shape index (κ2) is 8.09. The number of hydrogen-bond donors (Lipinski definition) is 1. The van der Waals surface area contributed by atoms with Crippen LogP contribution in [0.4, 0.5) is 17.5 Å². The molecule has 1 heterocycles. The molecule has 0 fully saturated rings. The third kappa shape index (κ3) is 4.17. The number of aromatic nitrogens is 2. The number of halogens is 1. The molecule has 29 heavy (non-hydrogen) atoms. The Morgan fingerprint density at radius 3 is 2.28 bits per heavy atom. The first kappa shape index (κ1) is 19.2. The Morgan fingerprint density at radius 1 is 0.897 bits per heavy atom. The fourth-order valence-corrected chi connectivity index (χ4v) is 3.65. The maximum absolute atomic E-state index is 5.96. The van der Waals surface area contributed by atoms with Gasteiger partial charge in [0.25, 0.3) is 0 Å². The summed E-state index contributed by atoms with van der Waals surface area (Å²) in [7, 11) is 0. The van der Waals surface area contributed by atoms with Crippen LogP contribution in [0.1, 0.15) is 13.8 Å². The Labute approximate surface area is 178 Å². The Kier molecular flexibility index (Phi) is 5.36. The molecule has 1 aromatic heterocycles. The van der Waals surface area contributed by atoms with E-state index in [9.17, 15) is 0 Å². The van der Waals surface area contributed by atoms with Crippen molar-refractivity contribution in [1.82, 2.24) is 9.97 Å². The van der Waals surface area contributed by atoms with Gasteiger partial charge in [-0.3, -0.25) is 3.93 Å². The lowest BCUT2D eigenvalue weighted by atomic mass is 10.0. The van der Waals surface area contributed by atoms with Crippen molar-refractivity contribution >= 4 is 44.5 Å². The van der Waals surface area contributed by atoms with E-state index in [0.29, 0.717) is 5.82 Å². The molecule has 0 spiro atoms. The normalized spacial score (nSPS) is 11.0. The minimum absolute atomic E-state index is 0.148. The van der Waals surface area contributed by atoms with Gasteiger partial charge in [0.15, 0.2) is 5.82 Å². The zero-order valence-corrected chi connectivity index (χ0v) is 17.8. The second-order valence-electron chi connectivity index (χ2n) is 6.94. The number of ether oxygens (including phenoxy) is 1. The minimum Gasteiger partial charge on any atom is -0.491 e. The van der Waals surface area contributed by atoms with Crippen molar-refractivity contribution in [3.05, 3.63) is 72.8 Å². The monoisotopic (exact) mass is 448 g/mol. The molecular formula is C23H21BrN4O. The van der Waals surface area contributed by atoms with E-state index in [4.69, 9.17) is 10.5 Å². The Morgan fingerprint density at radius 2 is 1.59 bits per heavy atom. The molecule has 2 N–H and O–H groups in total. The molecule has 0 radical (unpaired) electrons. The van der Waals surface area contributed by atoms with Gasteiger partial charge < -0.3 is 10.5 Å². The van der Waals surface area contributed by atoms with Crippen LogP contribution in [-0.4, -0.2) is 16.1 Å². The van der Waals surface area contributed by atoms with Crippen LogP contribution in [-0.2, 0) is 0 Å². The molecule has 0 bridgehead atoms. The fraction of sp³-hybridized carbons (Fsp3) is 0.130. The number of nitrogens with two attached hydrogens (primary N) is 1. The van der Waals surface area contributed by atoms with Crippen LogP contribution in [0, 0.1) is 0 Å². The SMILES string of the molecule is CC(C)Oc1ccc(-c2ccc3nc(N)nc(N(Br)c4ccccc4)c3c2)cc1. The Hall–Kier alpha value is -3.12. The average molecular weight is 449 g/mol. The standard InChI is InChI=1S/C23H21BrN4O/c1-15(2)29-19-11-8-16(9-12-19)17-10-13-21-20(14-17)22(27-23(25)26-21)28(24)18-6-4-3-5-7-18/h3-15H,1-2H3,(H2,25,26,27). The molecule has 6 heteroatoms. The highest BCUT2D eigenvalue weighted by Gasteiger charge is 2.15. The van der Waals surface area contributed by atoms with Crippen LogP contribution in [0.25, 0.3) is 22.0 Å². The second-order valence-corrected chi connectivity index (χ2v) is 7.65. The van der Waals surface area contributed by atoms with Gasteiger partial charge in [-0.25, -0.2) is 4.98 Å². The van der Waals surface area contributed by atoms with E-state index < -0.39 is 0 Å². The van der Waals surface area contributed by atoms with Crippen LogP contribution in [0.5, 0.6) is 5.75 Å². The van der Waals surface area contributed by atoms with Gasteiger partial charge in [-0.1, -0.05) is 36.4 Å². The van der Waals surface area contributed by atoms with Crippen molar-refractivity contribution in [2.45, 2.75) is 20.0 Å². The summed E-state index contributed by atoms with van der Waals surface area (Å²) < 4.78 is 7.59. The van der Waals surface area contributed by atoms with E-state index in [1.54, 1.807) is 0 Å². The number of fused-ring (bicyclic) bond motifs is 1.